The summed E-state index contributed by atoms with van der Waals surface area (Å²) in [6.45, 7) is 16.2. The van der Waals surface area contributed by atoms with Crippen LogP contribution >= 0.6 is 0 Å². The van der Waals surface area contributed by atoms with Crippen molar-refractivity contribution in [2.45, 2.75) is 112 Å². The van der Waals surface area contributed by atoms with Gasteiger partial charge in [0.15, 0.2) is 0 Å². The van der Waals surface area contributed by atoms with E-state index in [1.165, 1.54) is 0 Å². The number of amides is 3. The minimum absolute atomic E-state index is 0.167. The van der Waals surface area contributed by atoms with Gasteiger partial charge in [-0.25, -0.2) is 4.79 Å². The van der Waals surface area contributed by atoms with Crippen molar-refractivity contribution in [3.05, 3.63) is 70.8 Å². The smallest absolute Gasteiger partial charge is 0.408 e. The van der Waals surface area contributed by atoms with Crippen LogP contribution in [0.15, 0.2) is 48.5 Å². The summed E-state index contributed by atoms with van der Waals surface area (Å²) < 4.78 is 5.52. The van der Waals surface area contributed by atoms with E-state index in [-0.39, 0.29) is 17.7 Å². The van der Waals surface area contributed by atoms with Gasteiger partial charge in [-0.2, -0.15) is 0 Å². The molecule has 226 valence electrons. The highest BCUT2D eigenvalue weighted by atomic mass is 16.6. The molecule has 2 aromatic rings. The summed E-state index contributed by atoms with van der Waals surface area (Å²) in [6.07, 6.45) is 3.83. The lowest BCUT2D eigenvalue weighted by Gasteiger charge is -2.36. The summed E-state index contributed by atoms with van der Waals surface area (Å²) >= 11 is 0. The van der Waals surface area contributed by atoms with E-state index in [2.05, 4.69) is 17.6 Å². The molecule has 0 aliphatic heterocycles. The van der Waals surface area contributed by atoms with E-state index in [4.69, 9.17) is 4.74 Å². The number of benzene rings is 2. The zero-order chi connectivity index (χ0) is 30.6. The Morgan fingerprint density at radius 3 is 2.24 bits per heavy atom. The van der Waals surface area contributed by atoms with Crippen molar-refractivity contribution < 1.29 is 19.1 Å². The third-order valence-corrected chi connectivity index (χ3v) is 7.29. The molecule has 0 aliphatic rings. The number of nitrogens with one attached hydrogen (secondary N) is 2. The monoisotopic (exact) mass is 565 g/mol. The van der Waals surface area contributed by atoms with Crippen molar-refractivity contribution in [1.29, 1.82) is 0 Å². The molecule has 0 saturated heterocycles. The van der Waals surface area contributed by atoms with Crippen molar-refractivity contribution >= 4 is 17.9 Å². The Balaban J connectivity index is 2.55. The Bertz CT molecular complexity index is 1130. The van der Waals surface area contributed by atoms with Gasteiger partial charge >= 0.3 is 6.09 Å². The number of nitrogens with zero attached hydrogens (tertiary/aromatic N) is 1. The van der Waals surface area contributed by atoms with E-state index in [1.54, 1.807) is 25.7 Å². The minimum atomic E-state index is -0.847. The zero-order valence-corrected chi connectivity index (χ0v) is 26.4. The maximum absolute atomic E-state index is 14.5. The van der Waals surface area contributed by atoms with Crippen LogP contribution in [-0.2, 0) is 20.9 Å². The quantitative estimate of drug-likeness (QED) is 0.241. The van der Waals surface area contributed by atoms with Crippen LogP contribution in [-0.4, -0.2) is 41.0 Å². The largest absolute Gasteiger partial charge is 0.444 e. The third-order valence-electron chi connectivity index (χ3n) is 7.29. The number of rotatable bonds is 14. The molecular formula is C34H51N3O4. The van der Waals surface area contributed by atoms with Gasteiger partial charge in [-0.05, 0) is 63.6 Å². The van der Waals surface area contributed by atoms with Crippen LogP contribution in [0.5, 0.6) is 0 Å². The second kappa shape index (κ2) is 16.2. The lowest BCUT2D eigenvalue weighted by Crippen LogP contribution is -2.55. The SMILES string of the molecule is CCCCCCN(C(=O)C(NC(=O)OC(C)(C)C)C(C)CC)C(C(=O)NCc1ccccc1)c1cc(C)ccc1C. The number of aryl methyl sites for hydroxylation is 2. The summed E-state index contributed by atoms with van der Waals surface area (Å²) in [6, 6.07) is 14.1. The fraction of sp³-hybridized carbons (Fsp3) is 0.559. The van der Waals surface area contributed by atoms with Gasteiger partial charge in [0.25, 0.3) is 0 Å². The molecule has 0 heterocycles. The van der Waals surface area contributed by atoms with Crippen LogP contribution in [0.4, 0.5) is 4.79 Å². The van der Waals surface area contributed by atoms with Crippen molar-refractivity contribution in [2.75, 3.05) is 6.54 Å². The van der Waals surface area contributed by atoms with Crippen LogP contribution in [0.2, 0.25) is 0 Å². The Kier molecular flexibility index (Phi) is 13.4. The normalized spacial score (nSPS) is 13.6. The average Bonchev–Trinajstić information content (AvgIpc) is 2.92. The van der Waals surface area contributed by atoms with Gasteiger partial charge in [-0.15, -0.1) is 0 Å². The summed E-state index contributed by atoms with van der Waals surface area (Å²) in [7, 11) is 0. The summed E-state index contributed by atoms with van der Waals surface area (Å²) in [5.74, 6) is -0.686. The molecule has 41 heavy (non-hydrogen) atoms. The van der Waals surface area contributed by atoms with Crippen molar-refractivity contribution in [3.8, 4) is 0 Å². The Morgan fingerprint density at radius 1 is 0.951 bits per heavy atom. The van der Waals surface area contributed by atoms with Gasteiger partial charge in [0.1, 0.15) is 17.7 Å². The molecule has 0 spiro atoms. The highest BCUT2D eigenvalue weighted by Crippen LogP contribution is 2.29. The summed E-state index contributed by atoms with van der Waals surface area (Å²) in [4.78, 5) is 43.1. The molecule has 7 nitrogen and oxygen atoms in total. The number of hydrogen-bond donors (Lipinski definition) is 2. The fourth-order valence-corrected chi connectivity index (χ4v) is 4.76. The zero-order valence-electron chi connectivity index (χ0n) is 26.4. The summed E-state index contributed by atoms with van der Waals surface area (Å²) in [5, 5.41) is 5.94. The molecule has 0 radical (unpaired) electrons. The van der Waals surface area contributed by atoms with Gasteiger partial charge in [-0.1, -0.05) is 101 Å². The maximum atomic E-state index is 14.5. The van der Waals surface area contributed by atoms with Crippen molar-refractivity contribution in [3.63, 3.8) is 0 Å². The first-order valence-corrected chi connectivity index (χ1v) is 15.1. The summed E-state index contributed by atoms with van der Waals surface area (Å²) in [5.41, 5.74) is 3.01. The van der Waals surface area contributed by atoms with E-state index >= 15 is 0 Å². The number of alkyl carbamates (subject to hydrolysis) is 1. The second-order valence-electron chi connectivity index (χ2n) is 12.1. The Morgan fingerprint density at radius 2 is 1.63 bits per heavy atom. The number of carbonyl (C=O) groups is 3. The molecule has 2 aromatic carbocycles. The first kappa shape index (κ1) is 33.9. The topological polar surface area (TPSA) is 87.7 Å². The highest BCUT2D eigenvalue weighted by molar-refractivity contribution is 5.92. The predicted molar refractivity (Wildman–Crippen MR) is 165 cm³/mol. The number of unbranched alkanes of at least 4 members (excludes halogenated alkanes) is 3. The van der Waals surface area contributed by atoms with Crippen molar-refractivity contribution in [1.82, 2.24) is 15.5 Å². The van der Waals surface area contributed by atoms with Gasteiger partial charge < -0.3 is 20.3 Å². The molecule has 0 bridgehead atoms. The van der Waals surface area contributed by atoms with Gasteiger partial charge in [-0.3, -0.25) is 9.59 Å². The predicted octanol–water partition coefficient (Wildman–Crippen LogP) is 7.01. The van der Waals surface area contributed by atoms with Crippen LogP contribution in [0, 0.1) is 19.8 Å². The molecule has 3 unspecified atom stereocenters. The van der Waals surface area contributed by atoms with Crippen LogP contribution in [0.3, 0.4) is 0 Å². The lowest BCUT2D eigenvalue weighted by molar-refractivity contribution is -0.143. The number of ether oxygens (including phenoxy) is 1. The highest BCUT2D eigenvalue weighted by Gasteiger charge is 2.38. The average molecular weight is 566 g/mol. The minimum Gasteiger partial charge on any atom is -0.444 e. The van der Waals surface area contributed by atoms with Crippen molar-refractivity contribution in [2.24, 2.45) is 5.92 Å². The molecule has 3 amide bonds. The fourth-order valence-electron chi connectivity index (χ4n) is 4.76. The molecule has 7 heteroatoms. The molecule has 2 rings (SSSR count). The lowest BCUT2D eigenvalue weighted by atomic mass is 9.93. The van der Waals surface area contributed by atoms with E-state index in [9.17, 15) is 14.4 Å². The molecule has 0 aliphatic carbocycles. The number of hydrogen-bond acceptors (Lipinski definition) is 4. The Labute approximate surface area is 247 Å². The first-order chi connectivity index (χ1) is 19.4. The van der Waals surface area contributed by atoms with E-state index in [0.29, 0.717) is 19.5 Å². The molecular weight excluding hydrogens is 514 g/mol. The molecule has 3 atom stereocenters. The Hall–Kier alpha value is -3.35. The van der Waals surface area contributed by atoms with Crippen LogP contribution in [0.25, 0.3) is 0 Å². The number of carbonyl (C=O) groups excluding carboxylic acids is 3. The molecule has 0 saturated carbocycles. The molecule has 2 N–H and O–H groups in total. The molecule has 0 aromatic heterocycles. The standard InChI is InChI=1S/C34H51N3O4/c1-9-11-12-16-21-37(32(39)29(25(4)10-2)36-33(40)41-34(6,7)8)30(28-22-24(3)19-20-26(28)5)31(38)35-23-27-17-14-13-15-18-27/h13-15,17-20,22,25,29-30H,9-12,16,21,23H2,1-8H3,(H,35,38)(H,36,40). The van der Waals surface area contributed by atoms with E-state index in [0.717, 1.165) is 47.9 Å². The van der Waals surface area contributed by atoms with E-state index in [1.807, 2.05) is 76.2 Å². The second-order valence-corrected chi connectivity index (χ2v) is 12.1. The third kappa shape index (κ3) is 10.9. The van der Waals surface area contributed by atoms with Gasteiger partial charge in [0.05, 0.1) is 0 Å². The first-order valence-electron chi connectivity index (χ1n) is 15.1. The van der Waals surface area contributed by atoms with Gasteiger partial charge in [0.2, 0.25) is 11.8 Å². The molecule has 0 fully saturated rings. The van der Waals surface area contributed by atoms with Gasteiger partial charge in [0, 0.05) is 13.1 Å². The maximum Gasteiger partial charge on any atom is 0.408 e. The van der Waals surface area contributed by atoms with E-state index < -0.39 is 23.8 Å². The van der Waals surface area contributed by atoms with Crippen LogP contribution < -0.4 is 10.6 Å². The van der Waals surface area contributed by atoms with Crippen LogP contribution in [0.1, 0.15) is 102 Å².